The minimum atomic E-state index is -0.559. The summed E-state index contributed by atoms with van der Waals surface area (Å²) in [6.07, 6.45) is -0.0358. The molecular weight excluding hydrogens is 252 g/mol. The Morgan fingerprint density at radius 3 is 2.35 bits per heavy atom. The molecule has 0 radical (unpaired) electrons. The Morgan fingerprint density at radius 2 is 1.70 bits per heavy atom. The van der Waals surface area contributed by atoms with Gasteiger partial charge in [0.2, 0.25) is 0 Å². The van der Waals surface area contributed by atoms with Crippen molar-refractivity contribution in [1.29, 1.82) is 0 Å². The van der Waals surface area contributed by atoms with Crippen LogP contribution in [-0.2, 0) is 6.42 Å². The number of hydrogen-bond acceptors (Lipinski definition) is 3. The Hall–Kier alpha value is -2.00. The maximum Gasteiger partial charge on any atom is 0.122 e. The zero-order chi connectivity index (χ0) is 14.5. The van der Waals surface area contributed by atoms with Crippen molar-refractivity contribution in [3.05, 3.63) is 59.2 Å². The number of benzene rings is 2. The lowest BCUT2D eigenvalue weighted by molar-refractivity contribution is 0.177. The molecule has 2 rings (SSSR count). The molecule has 1 N–H and O–H groups in total. The van der Waals surface area contributed by atoms with Crippen LogP contribution in [0.1, 0.15) is 22.8 Å². The van der Waals surface area contributed by atoms with Gasteiger partial charge in [-0.15, -0.1) is 0 Å². The lowest BCUT2D eigenvalue weighted by Crippen LogP contribution is -2.04. The van der Waals surface area contributed by atoms with Crippen molar-refractivity contribution in [2.45, 2.75) is 19.4 Å². The van der Waals surface area contributed by atoms with Crippen molar-refractivity contribution in [1.82, 2.24) is 0 Å². The fourth-order valence-electron chi connectivity index (χ4n) is 2.31. The lowest BCUT2D eigenvalue weighted by Gasteiger charge is -2.15. The number of ether oxygens (including phenoxy) is 2. The standard InChI is InChI=1S/C17H20O3/c1-12-10-13(8-9-16(12)19-2)15(18)11-14-6-4-5-7-17(14)20-3/h4-10,15,18H,11H2,1-3H3. The molecule has 0 fully saturated rings. The molecule has 0 spiro atoms. The first-order valence-electron chi connectivity index (χ1n) is 6.60. The number of aliphatic hydroxyl groups excluding tert-OH is 1. The van der Waals surface area contributed by atoms with E-state index in [4.69, 9.17) is 9.47 Å². The Bertz CT molecular complexity index is 578. The highest BCUT2D eigenvalue weighted by atomic mass is 16.5. The van der Waals surface area contributed by atoms with E-state index < -0.39 is 6.10 Å². The maximum absolute atomic E-state index is 10.4. The van der Waals surface area contributed by atoms with Gasteiger partial charge in [0.1, 0.15) is 11.5 Å². The van der Waals surface area contributed by atoms with Crippen molar-refractivity contribution in [3.8, 4) is 11.5 Å². The number of aryl methyl sites for hydroxylation is 1. The van der Waals surface area contributed by atoms with E-state index in [9.17, 15) is 5.11 Å². The average molecular weight is 272 g/mol. The third kappa shape index (κ3) is 3.11. The predicted octanol–water partition coefficient (Wildman–Crippen LogP) is 3.29. The van der Waals surface area contributed by atoms with E-state index in [1.807, 2.05) is 49.4 Å². The van der Waals surface area contributed by atoms with E-state index in [2.05, 4.69) is 0 Å². The molecule has 0 saturated heterocycles. The van der Waals surface area contributed by atoms with Crippen LogP contribution in [0.25, 0.3) is 0 Å². The summed E-state index contributed by atoms with van der Waals surface area (Å²) in [5.41, 5.74) is 2.90. The molecule has 0 heterocycles. The van der Waals surface area contributed by atoms with Gasteiger partial charge in [-0.25, -0.2) is 0 Å². The first-order chi connectivity index (χ1) is 9.65. The van der Waals surface area contributed by atoms with Gasteiger partial charge in [0.05, 0.1) is 20.3 Å². The fourth-order valence-corrected chi connectivity index (χ4v) is 2.31. The monoisotopic (exact) mass is 272 g/mol. The van der Waals surface area contributed by atoms with Crippen molar-refractivity contribution in [2.75, 3.05) is 14.2 Å². The van der Waals surface area contributed by atoms with Crippen LogP contribution in [-0.4, -0.2) is 19.3 Å². The quantitative estimate of drug-likeness (QED) is 0.907. The number of para-hydroxylation sites is 1. The van der Waals surface area contributed by atoms with Crippen molar-refractivity contribution in [3.63, 3.8) is 0 Å². The molecule has 1 unspecified atom stereocenters. The summed E-state index contributed by atoms with van der Waals surface area (Å²) in [6, 6.07) is 13.5. The Morgan fingerprint density at radius 1 is 1.00 bits per heavy atom. The second-order valence-corrected chi connectivity index (χ2v) is 4.76. The molecule has 0 aliphatic rings. The molecule has 106 valence electrons. The molecule has 3 heteroatoms. The summed E-state index contributed by atoms with van der Waals surface area (Å²) < 4.78 is 10.5. The van der Waals surface area contributed by atoms with E-state index in [0.717, 1.165) is 28.2 Å². The third-order valence-electron chi connectivity index (χ3n) is 3.41. The second-order valence-electron chi connectivity index (χ2n) is 4.76. The predicted molar refractivity (Wildman–Crippen MR) is 79.4 cm³/mol. The number of hydrogen-bond donors (Lipinski definition) is 1. The topological polar surface area (TPSA) is 38.7 Å². The van der Waals surface area contributed by atoms with E-state index >= 15 is 0 Å². The minimum Gasteiger partial charge on any atom is -0.496 e. The summed E-state index contributed by atoms with van der Waals surface area (Å²) in [7, 11) is 3.29. The van der Waals surface area contributed by atoms with Gasteiger partial charge in [-0.3, -0.25) is 0 Å². The van der Waals surface area contributed by atoms with E-state index in [1.165, 1.54) is 0 Å². The van der Waals surface area contributed by atoms with Gasteiger partial charge >= 0.3 is 0 Å². The summed E-state index contributed by atoms with van der Waals surface area (Å²) in [4.78, 5) is 0. The third-order valence-corrected chi connectivity index (χ3v) is 3.41. The second kappa shape index (κ2) is 6.44. The highest BCUT2D eigenvalue weighted by molar-refractivity contribution is 5.39. The molecule has 0 aromatic heterocycles. The summed E-state index contributed by atoms with van der Waals surface area (Å²) in [5, 5.41) is 10.4. The van der Waals surface area contributed by atoms with Crippen molar-refractivity contribution >= 4 is 0 Å². The van der Waals surface area contributed by atoms with Gasteiger partial charge in [-0.05, 0) is 41.8 Å². The molecular formula is C17H20O3. The molecule has 2 aromatic rings. The normalized spacial score (nSPS) is 12.0. The van der Waals surface area contributed by atoms with Gasteiger partial charge < -0.3 is 14.6 Å². The van der Waals surface area contributed by atoms with Gasteiger partial charge in [0, 0.05) is 6.42 Å². The average Bonchev–Trinajstić information content (AvgIpc) is 2.47. The van der Waals surface area contributed by atoms with Gasteiger partial charge in [0.25, 0.3) is 0 Å². The molecule has 20 heavy (non-hydrogen) atoms. The van der Waals surface area contributed by atoms with Gasteiger partial charge in [-0.2, -0.15) is 0 Å². The van der Waals surface area contributed by atoms with Crippen LogP contribution >= 0.6 is 0 Å². The highest BCUT2D eigenvalue weighted by Crippen LogP contribution is 2.27. The smallest absolute Gasteiger partial charge is 0.122 e. The molecule has 0 saturated carbocycles. The SMILES string of the molecule is COc1ccc(C(O)Cc2ccccc2OC)cc1C. The van der Waals surface area contributed by atoms with Crippen LogP contribution in [0, 0.1) is 6.92 Å². The van der Waals surface area contributed by atoms with Crippen LogP contribution in [0.15, 0.2) is 42.5 Å². The molecule has 0 aliphatic heterocycles. The first-order valence-corrected chi connectivity index (χ1v) is 6.60. The summed E-state index contributed by atoms with van der Waals surface area (Å²) >= 11 is 0. The van der Waals surface area contributed by atoms with Gasteiger partial charge in [-0.1, -0.05) is 24.3 Å². The number of aliphatic hydroxyl groups is 1. The summed E-state index contributed by atoms with van der Waals surface area (Å²) in [6.45, 7) is 1.97. The van der Waals surface area contributed by atoms with Crippen molar-refractivity contribution in [2.24, 2.45) is 0 Å². The number of methoxy groups -OCH3 is 2. The zero-order valence-corrected chi connectivity index (χ0v) is 12.1. The minimum absolute atomic E-state index is 0.524. The molecule has 3 nitrogen and oxygen atoms in total. The molecule has 2 aromatic carbocycles. The maximum atomic E-state index is 10.4. The Labute approximate surface area is 119 Å². The lowest BCUT2D eigenvalue weighted by atomic mass is 9.99. The van der Waals surface area contributed by atoms with E-state index in [1.54, 1.807) is 14.2 Å². The van der Waals surface area contributed by atoms with Crippen LogP contribution in [0.5, 0.6) is 11.5 Å². The fraction of sp³-hybridized carbons (Fsp3) is 0.294. The summed E-state index contributed by atoms with van der Waals surface area (Å²) in [5.74, 6) is 1.63. The van der Waals surface area contributed by atoms with Gasteiger partial charge in [0.15, 0.2) is 0 Å². The number of rotatable bonds is 5. The first kappa shape index (κ1) is 14.4. The highest BCUT2D eigenvalue weighted by Gasteiger charge is 2.13. The molecule has 0 bridgehead atoms. The Kier molecular flexibility index (Phi) is 4.64. The van der Waals surface area contributed by atoms with Crippen LogP contribution in [0.3, 0.4) is 0 Å². The van der Waals surface area contributed by atoms with E-state index in [-0.39, 0.29) is 0 Å². The van der Waals surface area contributed by atoms with Crippen LogP contribution in [0.2, 0.25) is 0 Å². The Balaban J connectivity index is 2.19. The molecule has 0 amide bonds. The van der Waals surface area contributed by atoms with Crippen LogP contribution < -0.4 is 9.47 Å². The molecule has 0 aliphatic carbocycles. The van der Waals surface area contributed by atoms with Crippen molar-refractivity contribution < 1.29 is 14.6 Å². The van der Waals surface area contributed by atoms with Crippen LogP contribution in [0.4, 0.5) is 0 Å². The van der Waals surface area contributed by atoms with E-state index in [0.29, 0.717) is 6.42 Å². The zero-order valence-electron chi connectivity index (χ0n) is 12.1. The largest absolute Gasteiger partial charge is 0.496 e. The molecule has 1 atom stereocenters.